The third-order valence-corrected chi connectivity index (χ3v) is 6.72. The van der Waals surface area contributed by atoms with Crippen molar-refractivity contribution in [1.29, 1.82) is 0 Å². The van der Waals surface area contributed by atoms with Gasteiger partial charge in [-0.05, 0) is 55.7 Å². The van der Waals surface area contributed by atoms with Crippen LogP contribution in [-0.2, 0) is 16.6 Å². The third-order valence-electron chi connectivity index (χ3n) is 4.60. The zero-order valence-corrected chi connectivity index (χ0v) is 19.1. The van der Waals surface area contributed by atoms with Gasteiger partial charge in [-0.2, -0.15) is 0 Å². The molecule has 0 spiro atoms. The summed E-state index contributed by atoms with van der Waals surface area (Å²) in [5.41, 5.74) is 1.26. The molecule has 2 aromatic carbocycles. The Morgan fingerprint density at radius 2 is 1.90 bits per heavy atom. The Balaban J connectivity index is 1.64. The predicted octanol–water partition coefficient (Wildman–Crippen LogP) is 4.51. The van der Waals surface area contributed by atoms with Crippen LogP contribution in [0.5, 0.6) is 0 Å². The molecule has 1 heterocycles. The molecule has 7 nitrogen and oxygen atoms in total. The molecular formula is C21H22Cl2N4O3S. The Hall–Kier alpha value is -2.55. The number of anilines is 1. The number of hydrogen-bond acceptors (Lipinski definition) is 4. The van der Waals surface area contributed by atoms with Gasteiger partial charge in [0, 0.05) is 30.5 Å². The molecule has 1 amide bonds. The maximum absolute atomic E-state index is 12.8. The normalized spacial score (nSPS) is 11.3. The SMILES string of the molecule is Cc1ccc(NS(=O)(=O)c2ccc(Cl)c(C(=O)NCCCCn3ccnc3)c2)cc1Cl. The van der Waals surface area contributed by atoms with Crippen LogP contribution in [0.15, 0.2) is 60.0 Å². The Labute approximate surface area is 191 Å². The Morgan fingerprint density at radius 3 is 2.61 bits per heavy atom. The van der Waals surface area contributed by atoms with E-state index < -0.39 is 15.9 Å². The summed E-state index contributed by atoms with van der Waals surface area (Å²) in [5.74, 6) is -0.428. The Kier molecular flexibility index (Phi) is 7.59. The van der Waals surface area contributed by atoms with Gasteiger partial charge in [-0.3, -0.25) is 9.52 Å². The molecule has 31 heavy (non-hydrogen) atoms. The first-order valence-electron chi connectivity index (χ1n) is 9.59. The van der Waals surface area contributed by atoms with E-state index in [-0.39, 0.29) is 15.5 Å². The average molecular weight is 481 g/mol. The van der Waals surface area contributed by atoms with Crippen LogP contribution in [0.3, 0.4) is 0 Å². The smallest absolute Gasteiger partial charge is 0.261 e. The average Bonchev–Trinajstić information content (AvgIpc) is 3.24. The van der Waals surface area contributed by atoms with Crippen LogP contribution in [0.2, 0.25) is 10.0 Å². The van der Waals surface area contributed by atoms with Crippen LogP contribution in [0.25, 0.3) is 0 Å². The molecule has 3 rings (SSSR count). The van der Waals surface area contributed by atoms with Crippen LogP contribution in [0, 0.1) is 6.92 Å². The molecule has 0 radical (unpaired) electrons. The summed E-state index contributed by atoms with van der Waals surface area (Å²) in [4.78, 5) is 16.4. The highest BCUT2D eigenvalue weighted by Crippen LogP contribution is 2.25. The second-order valence-corrected chi connectivity index (χ2v) is 9.47. The van der Waals surface area contributed by atoms with Crippen LogP contribution in [0.1, 0.15) is 28.8 Å². The third kappa shape index (κ3) is 6.22. The van der Waals surface area contributed by atoms with Gasteiger partial charge in [0.1, 0.15) is 0 Å². The molecular weight excluding hydrogens is 459 g/mol. The van der Waals surface area contributed by atoms with Crippen LogP contribution >= 0.6 is 23.2 Å². The number of rotatable bonds is 9. The summed E-state index contributed by atoms with van der Waals surface area (Å²) >= 11 is 12.2. The Morgan fingerprint density at radius 1 is 1.10 bits per heavy atom. The second kappa shape index (κ2) is 10.2. The summed E-state index contributed by atoms with van der Waals surface area (Å²) in [6.07, 6.45) is 6.95. The fraction of sp³-hybridized carbons (Fsp3) is 0.238. The van der Waals surface area contributed by atoms with E-state index in [2.05, 4.69) is 15.0 Å². The Bertz CT molecular complexity index is 1170. The number of unbranched alkanes of at least 4 members (excludes halogenated alkanes) is 1. The van der Waals surface area contributed by atoms with Gasteiger partial charge in [0.2, 0.25) is 0 Å². The highest BCUT2D eigenvalue weighted by molar-refractivity contribution is 7.92. The van der Waals surface area contributed by atoms with Gasteiger partial charge in [0.25, 0.3) is 15.9 Å². The van der Waals surface area contributed by atoms with Crippen molar-refractivity contribution >= 4 is 44.8 Å². The lowest BCUT2D eigenvalue weighted by Crippen LogP contribution is -2.25. The van der Waals surface area contributed by atoms with Crippen molar-refractivity contribution in [1.82, 2.24) is 14.9 Å². The van der Waals surface area contributed by atoms with Crippen molar-refractivity contribution in [2.24, 2.45) is 0 Å². The fourth-order valence-corrected chi connectivity index (χ4v) is 4.31. The molecule has 0 saturated heterocycles. The van der Waals surface area contributed by atoms with E-state index in [0.29, 0.717) is 17.3 Å². The number of aryl methyl sites for hydroxylation is 2. The van der Waals surface area contributed by atoms with E-state index in [1.807, 2.05) is 17.7 Å². The molecule has 0 saturated carbocycles. The maximum Gasteiger partial charge on any atom is 0.261 e. The zero-order chi connectivity index (χ0) is 22.4. The minimum atomic E-state index is -3.93. The molecule has 2 N–H and O–H groups in total. The van der Waals surface area contributed by atoms with Crippen molar-refractivity contribution in [2.45, 2.75) is 31.2 Å². The lowest BCUT2D eigenvalue weighted by Gasteiger charge is -2.12. The quantitative estimate of drug-likeness (QED) is 0.440. The minimum absolute atomic E-state index is 0.0705. The molecule has 0 aliphatic carbocycles. The van der Waals surface area contributed by atoms with E-state index in [0.717, 1.165) is 24.9 Å². The number of hydrogen-bond donors (Lipinski definition) is 2. The monoisotopic (exact) mass is 480 g/mol. The molecule has 0 aliphatic rings. The van der Waals surface area contributed by atoms with E-state index in [9.17, 15) is 13.2 Å². The zero-order valence-electron chi connectivity index (χ0n) is 16.8. The molecule has 0 atom stereocenters. The largest absolute Gasteiger partial charge is 0.352 e. The first-order valence-corrected chi connectivity index (χ1v) is 11.8. The predicted molar refractivity (Wildman–Crippen MR) is 122 cm³/mol. The van der Waals surface area contributed by atoms with Crippen molar-refractivity contribution < 1.29 is 13.2 Å². The summed E-state index contributed by atoms with van der Waals surface area (Å²) in [7, 11) is -3.93. The number of carbonyl (C=O) groups excluding carboxylic acids is 1. The topological polar surface area (TPSA) is 93.1 Å². The van der Waals surface area contributed by atoms with Crippen molar-refractivity contribution in [3.63, 3.8) is 0 Å². The molecule has 1 aromatic heterocycles. The number of carbonyl (C=O) groups is 1. The van der Waals surface area contributed by atoms with Gasteiger partial charge < -0.3 is 9.88 Å². The van der Waals surface area contributed by atoms with Crippen LogP contribution < -0.4 is 10.0 Å². The van der Waals surface area contributed by atoms with Gasteiger partial charge in [0.15, 0.2) is 0 Å². The van der Waals surface area contributed by atoms with Gasteiger partial charge in [-0.1, -0.05) is 29.3 Å². The van der Waals surface area contributed by atoms with Crippen LogP contribution in [0.4, 0.5) is 5.69 Å². The summed E-state index contributed by atoms with van der Waals surface area (Å²) in [5, 5.41) is 3.40. The lowest BCUT2D eigenvalue weighted by molar-refractivity contribution is 0.0953. The molecule has 3 aromatic rings. The van der Waals surface area contributed by atoms with Crippen molar-refractivity contribution in [3.05, 3.63) is 76.3 Å². The molecule has 10 heteroatoms. The number of sulfonamides is 1. The lowest BCUT2D eigenvalue weighted by atomic mass is 10.2. The van der Waals surface area contributed by atoms with E-state index in [1.165, 1.54) is 24.3 Å². The second-order valence-electron chi connectivity index (χ2n) is 6.97. The van der Waals surface area contributed by atoms with E-state index >= 15 is 0 Å². The van der Waals surface area contributed by atoms with E-state index in [1.54, 1.807) is 24.7 Å². The number of nitrogens with zero attached hydrogens (tertiary/aromatic N) is 2. The number of halogens is 2. The molecule has 0 fully saturated rings. The minimum Gasteiger partial charge on any atom is -0.352 e. The maximum atomic E-state index is 12.8. The standard InChI is InChI=1S/C21H22Cl2N4O3S/c1-15-4-5-16(12-20(15)23)26-31(29,30)17-6-7-19(22)18(13-17)21(28)25-8-2-3-10-27-11-9-24-14-27/h4-7,9,11-14,26H,2-3,8,10H2,1H3,(H,25,28). The number of nitrogens with one attached hydrogen (secondary N) is 2. The summed E-state index contributed by atoms with van der Waals surface area (Å²) < 4.78 is 29.9. The van der Waals surface area contributed by atoms with Crippen molar-refractivity contribution in [3.8, 4) is 0 Å². The van der Waals surface area contributed by atoms with Gasteiger partial charge in [0.05, 0.1) is 27.5 Å². The number of imidazole rings is 1. The highest BCUT2D eigenvalue weighted by atomic mass is 35.5. The first kappa shape index (κ1) is 23.1. The van der Waals surface area contributed by atoms with Gasteiger partial charge in [-0.15, -0.1) is 0 Å². The number of aromatic nitrogens is 2. The first-order chi connectivity index (χ1) is 14.8. The molecule has 0 aliphatic heterocycles. The molecule has 0 bridgehead atoms. The highest BCUT2D eigenvalue weighted by Gasteiger charge is 2.19. The van der Waals surface area contributed by atoms with Gasteiger partial charge >= 0.3 is 0 Å². The fourth-order valence-electron chi connectivity index (χ4n) is 2.85. The van der Waals surface area contributed by atoms with Crippen molar-refractivity contribution in [2.75, 3.05) is 11.3 Å². The van der Waals surface area contributed by atoms with E-state index in [4.69, 9.17) is 23.2 Å². The molecule has 0 unspecified atom stereocenters. The number of benzene rings is 2. The van der Waals surface area contributed by atoms with Gasteiger partial charge in [-0.25, -0.2) is 13.4 Å². The number of amides is 1. The van der Waals surface area contributed by atoms with Crippen LogP contribution in [-0.4, -0.2) is 30.4 Å². The summed E-state index contributed by atoms with van der Waals surface area (Å²) in [6, 6.07) is 8.87. The summed E-state index contributed by atoms with van der Waals surface area (Å²) in [6.45, 7) is 3.07. The molecule has 164 valence electrons.